The van der Waals surface area contributed by atoms with Crippen LogP contribution in [0, 0.1) is 12.7 Å². The van der Waals surface area contributed by atoms with Crippen LogP contribution in [0.2, 0.25) is 5.02 Å². The fourth-order valence-electron chi connectivity index (χ4n) is 3.20. The molecule has 1 saturated heterocycles. The summed E-state index contributed by atoms with van der Waals surface area (Å²) in [5.41, 5.74) is 7.64. The second kappa shape index (κ2) is 8.16. The van der Waals surface area contributed by atoms with Crippen LogP contribution in [0.3, 0.4) is 0 Å². The summed E-state index contributed by atoms with van der Waals surface area (Å²) >= 11 is 6.36. The van der Waals surface area contributed by atoms with E-state index in [1.165, 1.54) is 6.07 Å². The van der Waals surface area contributed by atoms with Gasteiger partial charge in [0.2, 0.25) is 5.91 Å². The number of ether oxygens (including phenoxy) is 1. The zero-order valence-corrected chi connectivity index (χ0v) is 15.3. The normalized spacial score (nSPS) is 20.8. The highest BCUT2D eigenvalue weighted by Crippen LogP contribution is 2.30. The zero-order valence-electron chi connectivity index (χ0n) is 14.5. The molecule has 2 aromatic carbocycles. The molecule has 0 bridgehead atoms. The predicted molar refractivity (Wildman–Crippen MR) is 99.5 cm³/mol. The van der Waals surface area contributed by atoms with Gasteiger partial charge in [-0.05, 0) is 48.6 Å². The minimum absolute atomic E-state index is 0.0856. The summed E-state index contributed by atoms with van der Waals surface area (Å²) in [5.74, 6) is -0.504. The minimum atomic E-state index is -0.532. The molecule has 1 amide bonds. The summed E-state index contributed by atoms with van der Waals surface area (Å²) < 4.78 is 19.4. The Kier molecular flexibility index (Phi) is 5.91. The van der Waals surface area contributed by atoms with E-state index in [1.807, 2.05) is 18.2 Å². The lowest BCUT2D eigenvalue weighted by molar-refractivity contribution is -0.132. The predicted octanol–water partition coefficient (Wildman–Crippen LogP) is 3.50. The Balaban J connectivity index is 1.89. The summed E-state index contributed by atoms with van der Waals surface area (Å²) in [7, 11) is 0. The van der Waals surface area contributed by atoms with E-state index in [1.54, 1.807) is 25.1 Å². The third-order valence-corrected chi connectivity index (χ3v) is 5.03. The Labute approximate surface area is 157 Å². The SMILES string of the molecule is Cc1cc(C(NC(=O)[C@@H]2CC[C@H](CN)O2)c2ccccc2Cl)ccc1F. The van der Waals surface area contributed by atoms with Gasteiger partial charge in [-0.3, -0.25) is 4.79 Å². The van der Waals surface area contributed by atoms with Crippen LogP contribution in [0.1, 0.15) is 35.6 Å². The van der Waals surface area contributed by atoms with E-state index in [0.717, 1.165) is 17.5 Å². The van der Waals surface area contributed by atoms with E-state index in [9.17, 15) is 9.18 Å². The van der Waals surface area contributed by atoms with Crippen LogP contribution in [0.25, 0.3) is 0 Å². The summed E-state index contributed by atoms with van der Waals surface area (Å²) in [5, 5.41) is 3.55. The number of rotatable bonds is 5. The molecule has 1 fully saturated rings. The van der Waals surface area contributed by atoms with Gasteiger partial charge < -0.3 is 15.8 Å². The first-order valence-corrected chi connectivity index (χ1v) is 9.03. The average molecular weight is 377 g/mol. The van der Waals surface area contributed by atoms with Crippen LogP contribution in [-0.4, -0.2) is 24.7 Å². The van der Waals surface area contributed by atoms with Crippen LogP contribution < -0.4 is 11.1 Å². The van der Waals surface area contributed by atoms with Gasteiger partial charge in [-0.1, -0.05) is 41.9 Å². The topological polar surface area (TPSA) is 64.4 Å². The van der Waals surface area contributed by atoms with Gasteiger partial charge in [0.05, 0.1) is 12.1 Å². The molecule has 138 valence electrons. The zero-order chi connectivity index (χ0) is 18.7. The van der Waals surface area contributed by atoms with Crippen molar-refractivity contribution < 1.29 is 13.9 Å². The molecule has 0 saturated carbocycles. The monoisotopic (exact) mass is 376 g/mol. The van der Waals surface area contributed by atoms with Gasteiger partial charge in [-0.15, -0.1) is 0 Å². The second-order valence-corrected chi connectivity index (χ2v) is 6.94. The van der Waals surface area contributed by atoms with Crippen molar-refractivity contribution in [3.8, 4) is 0 Å². The van der Waals surface area contributed by atoms with Gasteiger partial charge in [-0.2, -0.15) is 0 Å². The summed E-state index contributed by atoms with van der Waals surface area (Å²) in [6, 6.07) is 11.6. The number of nitrogens with one attached hydrogen (secondary N) is 1. The number of aryl methyl sites for hydroxylation is 1. The van der Waals surface area contributed by atoms with E-state index < -0.39 is 12.1 Å². The van der Waals surface area contributed by atoms with Gasteiger partial charge in [0.1, 0.15) is 11.9 Å². The number of hydrogen-bond donors (Lipinski definition) is 2. The lowest BCUT2D eigenvalue weighted by Gasteiger charge is -2.23. The molecule has 0 aliphatic carbocycles. The molecule has 4 nitrogen and oxygen atoms in total. The number of amides is 1. The lowest BCUT2D eigenvalue weighted by atomic mass is 9.96. The van der Waals surface area contributed by atoms with Crippen molar-refractivity contribution in [3.63, 3.8) is 0 Å². The number of halogens is 2. The smallest absolute Gasteiger partial charge is 0.249 e. The van der Waals surface area contributed by atoms with Crippen molar-refractivity contribution in [2.24, 2.45) is 5.73 Å². The highest BCUT2D eigenvalue weighted by Gasteiger charge is 2.32. The lowest BCUT2D eigenvalue weighted by Crippen LogP contribution is -2.38. The molecule has 0 spiro atoms. The standard InChI is InChI=1S/C20H22ClFN2O2/c1-12-10-13(6-8-17(12)22)19(15-4-2-3-5-16(15)21)24-20(25)18-9-7-14(11-23)26-18/h2-6,8,10,14,18-19H,7,9,11,23H2,1H3,(H,24,25)/t14-,18+,19?/m1/s1. The fraction of sp³-hybridized carbons (Fsp3) is 0.350. The Morgan fingerprint density at radius 3 is 2.77 bits per heavy atom. The first-order valence-electron chi connectivity index (χ1n) is 8.66. The van der Waals surface area contributed by atoms with E-state index >= 15 is 0 Å². The van der Waals surface area contributed by atoms with Crippen LogP contribution in [-0.2, 0) is 9.53 Å². The summed E-state index contributed by atoms with van der Waals surface area (Å²) in [4.78, 5) is 12.7. The van der Waals surface area contributed by atoms with Gasteiger partial charge in [0.25, 0.3) is 0 Å². The maximum Gasteiger partial charge on any atom is 0.249 e. The van der Waals surface area contributed by atoms with Crippen molar-refractivity contribution in [2.45, 2.75) is 38.0 Å². The highest BCUT2D eigenvalue weighted by atomic mass is 35.5. The molecule has 6 heteroatoms. The quantitative estimate of drug-likeness (QED) is 0.839. The maximum absolute atomic E-state index is 13.7. The number of carbonyl (C=O) groups excluding carboxylic acids is 1. The first kappa shape index (κ1) is 18.8. The molecule has 1 aliphatic rings. The van der Waals surface area contributed by atoms with E-state index in [4.69, 9.17) is 22.1 Å². The molecule has 26 heavy (non-hydrogen) atoms. The third-order valence-electron chi connectivity index (χ3n) is 4.68. The van der Waals surface area contributed by atoms with Crippen LogP contribution in [0.15, 0.2) is 42.5 Å². The molecule has 1 heterocycles. The number of nitrogens with two attached hydrogens (primary N) is 1. The first-order chi connectivity index (χ1) is 12.5. The van der Waals surface area contributed by atoms with Crippen LogP contribution >= 0.6 is 11.6 Å². The van der Waals surface area contributed by atoms with E-state index in [-0.39, 0.29) is 17.8 Å². The Morgan fingerprint density at radius 1 is 1.35 bits per heavy atom. The Bertz CT molecular complexity index is 799. The maximum atomic E-state index is 13.7. The molecule has 2 aromatic rings. The van der Waals surface area contributed by atoms with Gasteiger partial charge in [-0.25, -0.2) is 4.39 Å². The van der Waals surface area contributed by atoms with Crippen LogP contribution in [0.5, 0.6) is 0 Å². The molecule has 1 unspecified atom stereocenters. The minimum Gasteiger partial charge on any atom is -0.364 e. The van der Waals surface area contributed by atoms with Crippen LogP contribution in [0.4, 0.5) is 4.39 Å². The molecule has 0 radical (unpaired) electrons. The Hall–Kier alpha value is -1.95. The molecule has 0 aromatic heterocycles. The average Bonchev–Trinajstić information content (AvgIpc) is 3.12. The third kappa shape index (κ3) is 4.06. The van der Waals surface area contributed by atoms with Gasteiger partial charge in [0.15, 0.2) is 0 Å². The van der Waals surface area contributed by atoms with Crippen molar-refractivity contribution in [1.82, 2.24) is 5.32 Å². The van der Waals surface area contributed by atoms with Gasteiger partial charge in [0, 0.05) is 11.6 Å². The van der Waals surface area contributed by atoms with Crippen molar-refractivity contribution in [3.05, 3.63) is 70.0 Å². The molecular weight excluding hydrogens is 355 g/mol. The fourth-order valence-corrected chi connectivity index (χ4v) is 3.45. The van der Waals surface area contributed by atoms with Crippen molar-refractivity contribution in [1.29, 1.82) is 0 Å². The van der Waals surface area contributed by atoms with Crippen molar-refractivity contribution in [2.75, 3.05) is 6.54 Å². The van der Waals surface area contributed by atoms with Crippen molar-refractivity contribution >= 4 is 17.5 Å². The largest absolute Gasteiger partial charge is 0.364 e. The van der Waals surface area contributed by atoms with Gasteiger partial charge >= 0.3 is 0 Å². The molecule has 3 N–H and O–H groups in total. The van der Waals surface area contributed by atoms with E-state index in [0.29, 0.717) is 23.6 Å². The molecule has 3 atom stereocenters. The number of benzene rings is 2. The summed E-state index contributed by atoms with van der Waals surface area (Å²) in [6.45, 7) is 2.09. The molecular formula is C20H22ClFN2O2. The summed E-state index contributed by atoms with van der Waals surface area (Å²) in [6.07, 6.45) is 0.777. The van der Waals surface area contributed by atoms with E-state index in [2.05, 4.69) is 5.32 Å². The molecule has 1 aliphatic heterocycles. The second-order valence-electron chi connectivity index (χ2n) is 6.53. The Morgan fingerprint density at radius 2 is 2.12 bits per heavy atom. The number of carbonyl (C=O) groups is 1. The number of hydrogen-bond acceptors (Lipinski definition) is 3. The molecule has 3 rings (SSSR count). The highest BCUT2D eigenvalue weighted by molar-refractivity contribution is 6.31.